The summed E-state index contributed by atoms with van der Waals surface area (Å²) in [7, 11) is 0. The first-order valence-corrected chi connectivity index (χ1v) is 5.48. The van der Waals surface area contributed by atoms with Crippen LogP contribution < -0.4 is 5.32 Å². The van der Waals surface area contributed by atoms with Crippen LogP contribution in [0.5, 0.6) is 0 Å². The van der Waals surface area contributed by atoms with Crippen molar-refractivity contribution in [3.63, 3.8) is 0 Å². The van der Waals surface area contributed by atoms with Crippen molar-refractivity contribution in [1.29, 1.82) is 0 Å². The summed E-state index contributed by atoms with van der Waals surface area (Å²) in [4.78, 5) is 11.5. The van der Waals surface area contributed by atoms with E-state index in [1.807, 2.05) is 0 Å². The first-order valence-electron chi connectivity index (χ1n) is 4.96. The maximum absolute atomic E-state index is 13.2. The number of hydrogen-bond donors (Lipinski definition) is 2. The smallest absolute Gasteiger partial charge is 0.237 e. The summed E-state index contributed by atoms with van der Waals surface area (Å²) >= 11 is 4.03. The first-order chi connectivity index (χ1) is 7.82. The lowest BCUT2D eigenvalue weighted by Gasteiger charge is -2.15. The first kappa shape index (κ1) is 13.9. The molecule has 0 aromatic heterocycles. The van der Waals surface area contributed by atoms with Crippen LogP contribution in [-0.2, 0) is 4.79 Å². The molecule has 1 unspecified atom stereocenters. The molecule has 1 aromatic carbocycles. The Morgan fingerprint density at radius 3 is 2.24 bits per heavy atom. The molecule has 1 N–H and O–H groups in total. The van der Waals surface area contributed by atoms with E-state index in [1.54, 1.807) is 13.8 Å². The predicted octanol–water partition coefficient (Wildman–Crippen LogP) is 3.00. The molecule has 0 saturated carbocycles. The van der Waals surface area contributed by atoms with Crippen molar-refractivity contribution in [2.75, 3.05) is 5.32 Å². The number of carbonyl (C=O) groups excluding carboxylic acids is 1. The summed E-state index contributed by atoms with van der Waals surface area (Å²) in [6.07, 6.45) is 0. The van der Waals surface area contributed by atoms with Crippen molar-refractivity contribution >= 4 is 24.2 Å². The molecule has 6 heteroatoms. The molecule has 0 heterocycles. The quantitative estimate of drug-likeness (QED) is 0.637. The van der Waals surface area contributed by atoms with E-state index in [2.05, 4.69) is 17.9 Å². The van der Waals surface area contributed by atoms with Crippen LogP contribution >= 0.6 is 12.6 Å². The molecule has 0 aliphatic carbocycles. The highest BCUT2D eigenvalue weighted by atomic mass is 32.1. The zero-order chi connectivity index (χ0) is 13.2. The van der Waals surface area contributed by atoms with E-state index in [0.717, 1.165) is 0 Å². The number of amides is 1. The average Bonchev–Trinajstić information content (AvgIpc) is 2.24. The maximum atomic E-state index is 13.2. The van der Waals surface area contributed by atoms with E-state index >= 15 is 0 Å². The standard InChI is InChI=1S/C11H12F3NOS/c1-5(2)10(17)11(16)15-9-4-7(13)6(12)3-8(9)14/h3-5,10,17H,1-2H3,(H,15,16). The van der Waals surface area contributed by atoms with Crippen molar-refractivity contribution in [3.05, 3.63) is 29.6 Å². The molecule has 0 spiro atoms. The molecule has 1 aromatic rings. The van der Waals surface area contributed by atoms with Gasteiger partial charge < -0.3 is 5.32 Å². The highest BCUT2D eigenvalue weighted by Gasteiger charge is 2.19. The lowest BCUT2D eigenvalue weighted by atomic mass is 10.1. The molecule has 1 rings (SSSR count). The molecule has 94 valence electrons. The Hall–Kier alpha value is -1.17. The maximum Gasteiger partial charge on any atom is 0.237 e. The Kier molecular flexibility index (Phi) is 4.45. The number of thiol groups is 1. The molecule has 0 saturated heterocycles. The van der Waals surface area contributed by atoms with Crippen molar-refractivity contribution in [2.45, 2.75) is 19.1 Å². The SMILES string of the molecule is CC(C)C(S)C(=O)Nc1cc(F)c(F)cc1F. The average molecular weight is 263 g/mol. The van der Waals surface area contributed by atoms with Gasteiger partial charge in [0.15, 0.2) is 11.6 Å². The topological polar surface area (TPSA) is 29.1 Å². The van der Waals surface area contributed by atoms with E-state index in [0.29, 0.717) is 12.1 Å². The zero-order valence-electron chi connectivity index (χ0n) is 9.30. The summed E-state index contributed by atoms with van der Waals surface area (Å²) in [5.41, 5.74) is -0.395. The molecular weight excluding hydrogens is 251 g/mol. The van der Waals surface area contributed by atoms with Crippen LogP contribution in [0.15, 0.2) is 12.1 Å². The van der Waals surface area contributed by atoms with Crippen LogP contribution in [0.1, 0.15) is 13.8 Å². The van der Waals surface area contributed by atoms with Gasteiger partial charge in [-0.3, -0.25) is 4.79 Å². The van der Waals surface area contributed by atoms with Gasteiger partial charge >= 0.3 is 0 Å². The normalized spacial score (nSPS) is 12.6. The summed E-state index contributed by atoms with van der Waals surface area (Å²) in [6.45, 7) is 3.53. The molecule has 2 nitrogen and oxygen atoms in total. The monoisotopic (exact) mass is 263 g/mol. The highest BCUT2D eigenvalue weighted by Crippen LogP contribution is 2.20. The minimum absolute atomic E-state index is 0.0633. The third kappa shape index (κ3) is 3.39. The molecule has 0 aliphatic rings. The number of hydrogen-bond acceptors (Lipinski definition) is 2. The third-order valence-corrected chi connectivity index (χ3v) is 3.00. The second-order valence-electron chi connectivity index (χ2n) is 3.92. The van der Waals surface area contributed by atoms with Crippen molar-refractivity contribution < 1.29 is 18.0 Å². The van der Waals surface area contributed by atoms with Crippen LogP contribution in [0.2, 0.25) is 0 Å². The van der Waals surface area contributed by atoms with Gasteiger partial charge in [0.25, 0.3) is 0 Å². The van der Waals surface area contributed by atoms with Gasteiger partial charge in [-0.05, 0) is 5.92 Å². The Labute approximate surface area is 103 Å². The van der Waals surface area contributed by atoms with Crippen molar-refractivity contribution in [3.8, 4) is 0 Å². The van der Waals surface area contributed by atoms with Gasteiger partial charge in [-0.2, -0.15) is 12.6 Å². The third-order valence-electron chi connectivity index (χ3n) is 2.17. The van der Waals surface area contributed by atoms with E-state index in [4.69, 9.17) is 0 Å². The number of nitrogens with one attached hydrogen (secondary N) is 1. The fourth-order valence-corrected chi connectivity index (χ4v) is 1.19. The second kappa shape index (κ2) is 5.44. The molecule has 17 heavy (non-hydrogen) atoms. The van der Waals surface area contributed by atoms with E-state index in [1.165, 1.54) is 0 Å². The molecule has 1 amide bonds. The molecule has 1 atom stereocenters. The van der Waals surface area contributed by atoms with E-state index in [-0.39, 0.29) is 5.92 Å². The van der Waals surface area contributed by atoms with Crippen molar-refractivity contribution in [2.24, 2.45) is 5.92 Å². The van der Waals surface area contributed by atoms with Gasteiger partial charge in [-0.15, -0.1) is 0 Å². The summed E-state index contributed by atoms with van der Waals surface area (Å²) < 4.78 is 38.7. The predicted molar refractivity (Wildman–Crippen MR) is 62.6 cm³/mol. The minimum Gasteiger partial charge on any atom is -0.323 e. The fraction of sp³-hybridized carbons (Fsp3) is 0.364. The number of anilines is 1. The van der Waals surface area contributed by atoms with Crippen LogP contribution in [0, 0.1) is 23.4 Å². The van der Waals surface area contributed by atoms with Gasteiger partial charge in [-0.25, -0.2) is 13.2 Å². The Bertz CT molecular complexity index is 437. The lowest BCUT2D eigenvalue weighted by molar-refractivity contribution is -0.116. The minimum atomic E-state index is -1.30. The van der Waals surface area contributed by atoms with Crippen LogP contribution in [0.25, 0.3) is 0 Å². The number of rotatable bonds is 3. The van der Waals surface area contributed by atoms with Crippen LogP contribution in [0.4, 0.5) is 18.9 Å². The Morgan fingerprint density at radius 1 is 1.18 bits per heavy atom. The van der Waals surface area contributed by atoms with Crippen LogP contribution in [0.3, 0.4) is 0 Å². The number of carbonyl (C=O) groups is 1. The fourth-order valence-electron chi connectivity index (χ4n) is 1.13. The second-order valence-corrected chi connectivity index (χ2v) is 4.48. The van der Waals surface area contributed by atoms with Gasteiger partial charge in [0, 0.05) is 12.1 Å². The highest BCUT2D eigenvalue weighted by molar-refractivity contribution is 7.81. The van der Waals surface area contributed by atoms with Gasteiger partial charge in [0.2, 0.25) is 5.91 Å². The molecule has 0 fully saturated rings. The Morgan fingerprint density at radius 2 is 1.71 bits per heavy atom. The molecular formula is C11H12F3NOS. The van der Waals surface area contributed by atoms with Gasteiger partial charge in [-0.1, -0.05) is 13.8 Å². The number of halogens is 3. The largest absolute Gasteiger partial charge is 0.323 e. The lowest BCUT2D eigenvalue weighted by Crippen LogP contribution is -2.28. The van der Waals surface area contributed by atoms with E-state index in [9.17, 15) is 18.0 Å². The van der Waals surface area contributed by atoms with E-state index < -0.39 is 34.3 Å². The summed E-state index contributed by atoms with van der Waals surface area (Å²) in [6, 6.07) is 0.983. The molecule has 0 aliphatic heterocycles. The molecule has 0 bridgehead atoms. The van der Waals surface area contributed by atoms with Crippen molar-refractivity contribution in [1.82, 2.24) is 0 Å². The van der Waals surface area contributed by atoms with Gasteiger partial charge in [0.05, 0.1) is 10.9 Å². The summed E-state index contributed by atoms with van der Waals surface area (Å²) in [5, 5.41) is 1.51. The molecule has 0 radical (unpaired) electrons. The van der Waals surface area contributed by atoms with Gasteiger partial charge in [0.1, 0.15) is 5.82 Å². The zero-order valence-corrected chi connectivity index (χ0v) is 10.2. The van der Waals surface area contributed by atoms with Crippen LogP contribution in [-0.4, -0.2) is 11.2 Å². The number of benzene rings is 1. The summed E-state index contributed by atoms with van der Waals surface area (Å²) in [5.74, 6) is -4.17. The Balaban J connectivity index is 2.89.